The van der Waals surface area contributed by atoms with Gasteiger partial charge in [0.1, 0.15) is 0 Å². The Kier molecular flexibility index (Phi) is 3.75. The molecule has 1 aliphatic rings. The first-order valence-corrected chi connectivity index (χ1v) is 7.29. The Balaban J connectivity index is 2.33. The molecule has 0 bridgehead atoms. The molecule has 6 heteroatoms. The number of carboxylic acids is 1. The van der Waals surface area contributed by atoms with Crippen molar-refractivity contribution in [1.82, 2.24) is 0 Å². The minimum atomic E-state index is -1.19. The van der Waals surface area contributed by atoms with Crippen LogP contribution in [0.5, 0.6) is 0 Å². The van der Waals surface area contributed by atoms with Crippen molar-refractivity contribution in [3.05, 3.63) is 27.7 Å². The summed E-state index contributed by atoms with van der Waals surface area (Å²) in [4.78, 5) is 23.7. The van der Waals surface area contributed by atoms with Crippen LogP contribution in [0.3, 0.4) is 0 Å². The van der Waals surface area contributed by atoms with Gasteiger partial charge in [0.25, 0.3) is 0 Å². The first-order valence-electron chi connectivity index (χ1n) is 6.53. The van der Waals surface area contributed by atoms with Gasteiger partial charge >= 0.3 is 5.97 Å². The van der Waals surface area contributed by atoms with E-state index in [1.165, 1.54) is 12.1 Å². The maximum absolute atomic E-state index is 12.4. The quantitative estimate of drug-likeness (QED) is 0.868. The third kappa shape index (κ3) is 2.51. The maximum Gasteiger partial charge on any atom is 0.337 e. The number of aromatic carboxylic acids is 1. The van der Waals surface area contributed by atoms with Crippen LogP contribution in [0.1, 0.15) is 38.1 Å². The van der Waals surface area contributed by atoms with Gasteiger partial charge in [-0.25, -0.2) is 4.79 Å². The number of rotatable bonds is 3. The molecule has 0 unspecified atom stereocenters. The number of amides is 1. The average Bonchev–Trinajstić information content (AvgIpc) is 2.72. The molecular formula is C15H17Cl2NO3. The Morgan fingerprint density at radius 2 is 1.67 bits per heavy atom. The number of carbonyl (C=O) groups is 2. The molecule has 0 atom stereocenters. The van der Waals surface area contributed by atoms with Crippen LogP contribution in [0.15, 0.2) is 12.1 Å². The van der Waals surface area contributed by atoms with E-state index in [9.17, 15) is 14.7 Å². The van der Waals surface area contributed by atoms with Crippen molar-refractivity contribution in [3.8, 4) is 0 Å². The number of hydrogen-bond donors (Lipinski definition) is 2. The summed E-state index contributed by atoms with van der Waals surface area (Å²) in [6.07, 6.45) is 0. The van der Waals surface area contributed by atoms with E-state index in [1.54, 1.807) is 0 Å². The predicted octanol–water partition coefficient (Wildman–Crippen LogP) is 4.31. The number of halogens is 2. The summed E-state index contributed by atoms with van der Waals surface area (Å²) in [7, 11) is 0. The fourth-order valence-electron chi connectivity index (χ4n) is 2.92. The topological polar surface area (TPSA) is 66.4 Å². The Hall–Kier alpha value is -1.26. The number of carboxylic acid groups (broad SMARTS) is 1. The number of nitrogens with one attached hydrogen (secondary N) is 1. The summed E-state index contributed by atoms with van der Waals surface area (Å²) < 4.78 is 0. The third-order valence-electron chi connectivity index (χ3n) is 4.82. The molecule has 0 saturated heterocycles. The number of carbonyl (C=O) groups excluding carboxylic acids is 1. The van der Waals surface area contributed by atoms with Crippen LogP contribution in [0.25, 0.3) is 0 Å². The van der Waals surface area contributed by atoms with E-state index in [0.717, 1.165) is 0 Å². The van der Waals surface area contributed by atoms with E-state index >= 15 is 0 Å². The summed E-state index contributed by atoms with van der Waals surface area (Å²) in [6.45, 7) is 8.05. The molecule has 1 aliphatic carbocycles. The number of benzene rings is 1. The van der Waals surface area contributed by atoms with Gasteiger partial charge in [-0.2, -0.15) is 0 Å². The second kappa shape index (κ2) is 4.89. The summed E-state index contributed by atoms with van der Waals surface area (Å²) >= 11 is 11.8. The van der Waals surface area contributed by atoms with Gasteiger partial charge in [-0.15, -0.1) is 0 Å². The molecule has 1 saturated carbocycles. The van der Waals surface area contributed by atoms with Gasteiger partial charge < -0.3 is 10.4 Å². The van der Waals surface area contributed by atoms with Crippen LogP contribution in [0, 0.1) is 16.7 Å². The lowest BCUT2D eigenvalue weighted by Crippen LogP contribution is -2.20. The highest BCUT2D eigenvalue weighted by Gasteiger charge is 2.68. The molecule has 0 aliphatic heterocycles. The van der Waals surface area contributed by atoms with E-state index in [-0.39, 0.29) is 44.0 Å². The molecule has 2 rings (SSSR count). The second-order valence-corrected chi connectivity index (χ2v) is 7.32. The first kappa shape index (κ1) is 16.1. The largest absolute Gasteiger partial charge is 0.478 e. The molecular weight excluding hydrogens is 313 g/mol. The fraction of sp³-hybridized carbons (Fsp3) is 0.467. The summed E-state index contributed by atoms with van der Waals surface area (Å²) in [5.74, 6) is -1.61. The van der Waals surface area contributed by atoms with E-state index in [2.05, 4.69) is 5.32 Å². The standard InChI is InChI=1S/C15H17Cl2NO3/c1-14(2)11(15(14,3)4)12(19)18-10-8(13(20)21)5-7(16)6-9(10)17/h5-6,11H,1-4H3,(H,18,19)(H,20,21). The van der Waals surface area contributed by atoms with Crippen LogP contribution in [0.2, 0.25) is 10.0 Å². The van der Waals surface area contributed by atoms with E-state index < -0.39 is 5.97 Å². The predicted molar refractivity (Wildman–Crippen MR) is 83.1 cm³/mol. The highest BCUT2D eigenvalue weighted by Crippen LogP contribution is 2.68. The van der Waals surface area contributed by atoms with Gasteiger partial charge in [-0.1, -0.05) is 50.9 Å². The lowest BCUT2D eigenvalue weighted by molar-refractivity contribution is -0.118. The smallest absolute Gasteiger partial charge is 0.337 e. The van der Waals surface area contributed by atoms with Crippen molar-refractivity contribution in [3.63, 3.8) is 0 Å². The molecule has 1 fully saturated rings. The van der Waals surface area contributed by atoms with Gasteiger partial charge in [0.05, 0.1) is 16.3 Å². The number of hydrogen-bond acceptors (Lipinski definition) is 2. The normalized spacial score (nSPS) is 19.1. The van der Waals surface area contributed by atoms with Crippen LogP contribution >= 0.6 is 23.2 Å². The zero-order chi connectivity index (χ0) is 16.2. The highest BCUT2D eigenvalue weighted by molar-refractivity contribution is 6.37. The zero-order valence-electron chi connectivity index (χ0n) is 12.3. The lowest BCUT2D eigenvalue weighted by Gasteiger charge is -2.12. The van der Waals surface area contributed by atoms with Crippen LogP contribution in [-0.4, -0.2) is 17.0 Å². The van der Waals surface area contributed by atoms with Gasteiger partial charge in [-0.3, -0.25) is 4.79 Å². The van der Waals surface area contributed by atoms with Gasteiger partial charge in [-0.05, 0) is 23.0 Å². The van der Waals surface area contributed by atoms with Gasteiger partial charge in [0.15, 0.2) is 0 Å². The average molecular weight is 330 g/mol. The van der Waals surface area contributed by atoms with Crippen molar-refractivity contribution in [2.75, 3.05) is 5.32 Å². The molecule has 0 radical (unpaired) electrons. The molecule has 1 aromatic rings. The lowest BCUT2D eigenvalue weighted by atomic mass is 10.0. The van der Waals surface area contributed by atoms with Crippen molar-refractivity contribution in [1.29, 1.82) is 0 Å². The Labute approximate surface area is 133 Å². The molecule has 2 N–H and O–H groups in total. The van der Waals surface area contributed by atoms with Crippen LogP contribution in [-0.2, 0) is 4.79 Å². The third-order valence-corrected chi connectivity index (χ3v) is 5.33. The molecule has 1 aromatic carbocycles. The van der Waals surface area contributed by atoms with E-state index in [0.29, 0.717) is 0 Å². The SMILES string of the molecule is CC1(C)C(C(=O)Nc2c(Cl)cc(Cl)cc2C(=O)O)C1(C)C. The second-order valence-electron chi connectivity index (χ2n) is 6.48. The Morgan fingerprint density at radius 1 is 1.14 bits per heavy atom. The van der Waals surface area contributed by atoms with Crippen molar-refractivity contribution < 1.29 is 14.7 Å². The summed E-state index contributed by atoms with van der Waals surface area (Å²) in [6, 6.07) is 2.68. The first-order chi connectivity index (χ1) is 9.50. The maximum atomic E-state index is 12.4. The molecule has 1 amide bonds. The summed E-state index contributed by atoms with van der Waals surface area (Å²) in [5, 5.41) is 12.2. The van der Waals surface area contributed by atoms with Crippen molar-refractivity contribution in [2.24, 2.45) is 16.7 Å². The van der Waals surface area contributed by atoms with Crippen molar-refractivity contribution >= 4 is 40.8 Å². The van der Waals surface area contributed by atoms with Gasteiger partial charge in [0, 0.05) is 10.9 Å². The fourth-order valence-corrected chi connectivity index (χ4v) is 3.46. The molecule has 114 valence electrons. The Bertz CT molecular complexity index is 624. The van der Waals surface area contributed by atoms with Crippen molar-refractivity contribution in [2.45, 2.75) is 27.7 Å². The zero-order valence-corrected chi connectivity index (χ0v) is 13.8. The van der Waals surface area contributed by atoms with E-state index in [1.807, 2.05) is 27.7 Å². The minimum absolute atomic E-state index is 0.0945. The highest BCUT2D eigenvalue weighted by atomic mass is 35.5. The van der Waals surface area contributed by atoms with Crippen LogP contribution < -0.4 is 5.32 Å². The number of anilines is 1. The minimum Gasteiger partial charge on any atom is -0.478 e. The molecule has 0 spiro atoms. The van der Waals surface area contributed by atoms with Crippen LogP contribution in [0.4, 0.5) is 5.69 Å². The van der Waals surface area contributed by atoms with Gasteiger partial charge in [0.2, 0.25) is 5.91 Å². The monoisotopic (exact) mass is 329 g/mol. The molecule has 0 heterocycles. The molecule has 4 nitrogen and oxygen atoms in total. The molecule has 0 aromatic heterocycles. The van der Waals surface area contributed by atoms with E-state index in [4.69, 9.17) is 23.2 Å². The summed E-state index contributed by atoms with van der Waals surface area (Å²) in [5.41, 5.74) is -0.298. The molecule has 21 heavy (non-hydrogen) atoms. The Morgan fingerprint density at radius 3 is 2.10 bits per heavy atom.